The van der Waals surface area contributed by atoms with Crippen molar-refractivity contribution in [2.24, 2.45) is 0 Å². The molecule has 21 heavy (non-hydrogen) atoms. The van der Waals surface area contributed by atoms with Gasteiger partial charge in [0.2, 0.25) is 0 Å². The van der Waals surface area contributed by atoms with Crippen molar-refractivity contribution < 1.29 is 4.92 Å². The summed E-state index contributed by atoms with van der Waals surface area (Å²) < 4.78 is 0. The Balaban J connectivity index is 2.10. The summed E-state index contributed by atoms with van der Waals surface area (Å²) in [5.41, 5.74) is 3.01. The van der Waals surface area contributed by atoms with Gasteiger partial charge in [-0.25, -0.2) is 0 Å². The molecular weight excluding hydrogens is 311 g/mol. The second kappa shape index (κ2) is 5.64. The molecule has 0 radical (unpaired) electrons. The molecule has 0 bridgehead atoms. The molecule has 0 saturated heterocycles. The lowest BCUT2D eigenvalue weighted by molar-refractivity contribution is -0.384. The van der Waals surface area contributed by atoms with E-state index in [0.29, 0.717) is 23.1 Å². The van der Waals surface area contributed by atoms with Crippen LogP contribution in [0, 0.1) is 10.1 Å². The summed E-state index contributed by atoms with van der Waals surface area (Å²) in [7, 11) is 0. The van der Waals surface area contributed by atoms with Crippen molar-refractivity contribution >= 4 is 28.9 Å². The van der Waals surface area contributed by atoms with Gasteiger partial charge in [-0.15, -0.1) is 0 Å². The zero-order valence-corrected chi connectivity index (χ0v) is 12.5. The Morgan fingerprint density at radius 2 is 2.05 bits per heavy atom. The number of fused-ring (bicyclic) bond motifs is 1. The van der Waals surface area contributed by atoms with E-state index < -0.39 is 0 Å². The lowest BCUT2D eigenvalue weighted by atomic mass is 9.85. The van der Waals surface area contributed by atoms with Crippen LogP contribution < -0.4 is 5.32 Å². The highest BCUT2D eigenvalue weighted by molar-refractivity contribution is 6.35. The molecule has 1 aliphatic rings. The summed E-state index contributed by atoms with van der Waals surface area (Å²) in [5, 5.41) is 15.4. The molecule has 0 amide bonds. The summed E-state index contributed by atoms with van der Waals surface area (Å²) in [4.78, 5) is 10.6. The van der Waals surface area contributed by atoms with E-state index in [2.05, 4.69) is 5.32 Å². The minimum absolute atomic E-state index is 0.00449. The summed E-state index contributed by atoms with van der Waals surface area (Å²) in [5.74, 6) is 0.00449. The Morgan fingerprint density at radius 1 is 1.24 bits per heavy atom. The van der Waals surface area contributed by atoms with E-state index in [0.717, 1.165) is 16.7 Å². The van der Waals surface area contributed by atoms with Gasteiger partial charge < -0.3 is 5.32 Å². The molecule has 1 heterocycles. The van der Waals surface area contributed by atoms with Crippen molar-refractivity contribution in [3.05, 3.63) is 73.2 Å². The molecule has 0 spiro atoms. The number of nitro benzene ring substituents is 1. The molecule has 2 aromatic rings. The smallest absolute Gasteiger partial charge is 0.269 e. The molecule has 1 N–H and O–H groups in total. The maximum atomic E-state index is 10.9. The first-order valence-corrected chi connectivity index (χ1v) is 7.24. The van der Waals surface area contributed by atoms with Crippen LogP contribution in [-0.4, -0.2) is 11.5 Å². The van der Waals surface area contributed by atoms with E-state index in [1.54, 1.807) is 18.2 Å². The van der Waals surface area contributed by atoms with Gasteiger partial charge in [0.05, 0.1) is 4.92 Å². The molecular formula is C15H12Cl2N2O2. The highest BCUT2D eigenvalue weighted by atomic mass is 35.5. The van der Waals surface area contributed by atoms with E-state index >= 15 is 0 Å². The van der Waals surface area contributed by atoms with Crippen LogP contribution in [-0.2, 0) is 6.54 Å². The molecule has 0 fully saturated rings. The number of nitro groups is 1. The average Bonchev–Trinajstić information content (AvgIpc) is 2.46. The predicted octanol–water partition coefficient (Wildman–Crippen LogP) is 4.14. The van der Waals surface area contributed by atoms with Crippen LogP contribution in [0.3, 0.4) is 0 Å². The standard InChI is InChI=1S/C15H12Cl2N2O2/c16-10-5-12-13(7-18-8-14(12)15(17)6-10)9-2-1-3-11(4-9)19(20)21/h1-6,13,18H,7-8H2. The van der Waals surface area contributed by atoms with Gasteiger partial charge in [-0.1, -0.05) is 35.3 Å². The minimum atomic E-state index is -0.383. The van der Waals surface area contributed by atoms with Gasteiger partial charge in [-0.05, 0) is 28.8 Å². The molecule has 0 aliphatic carbocycles. The predicted molar refractivity (Wildman–Crippen MR) is 83.1 cm³/mol. The topological polar surface area (TPSA) is 55.2 Å². The van der Waals surface area contributed by atoms with Crippen LogP contribution in [0.4, 0.5) is 5.69 Å². The van der Waals surface area contributed by atoms with Gasteiger partial charge in [-0.3, -0.25) is 10.1 Å². The zero-order valence-electron chi connectivity index (χ0n) is 11.0. The third-order valence-corrected chi connectivity index (χ3v) is 4.26. The van der Waals surface area contributed by atoms with Crippen molar-refractivity contribution in [1.82, 2.24) is 5.32 Å². The summed E-state index contributed by atoms with van der Waals surface area (Å²) in [6.07, 6.45) is 0. The molecule has 1 unspecified atom stereocenters. The van der Waals surface area contributed by atoms with Crippen LogP contribution in [0.15, 0.2) is 36.4 Å². The highest BCUT2D eigenvalue weighted by Gasteiger charge is 2.25. The van der Waals surface area contributed by atoms with Crippen LogP contribution in [0.25, 0.3) is 0 Å². The maximum Gasteiger partial charge on any atom is 0.269 e. The first kappa shape index (κ1) is 14.3. The van der Waals surface area contributed by atoms with Gasteiger partial charge in [0.1, 0.15) is 0 Å². The van der Waals surface area contributed by atoms with E-state index in [9.17, 15) is 10.1 Å². The quantitative estimate of drug-likeness (QED) is 0.667. The largest absolute Gasteiger partial charge is 0.312 e. The van der Waals surface area contributed by atoms with E-state index in [1.807, 2.05) is 12.1 Å². The number of non-ortho nitro benzene ring substituents is 1. The van der Waals surface area contributed by atoms with Crippen molar-refractivity contribution in [3.8, 4) is 0 Å². The van der Waals surface area contributed by atoms with Gasteiger partial charge in [0.15, 0.2) is 0 Å². The second-order valence-corrected chi connectivity index (χ2v) is 5.83. The monoisotopic (exact) mass is 322 g/mol. The van der Waals surface area contributed by atoms with Gasteiger partial charge in [-0.2, -0.15) is 0 Å². The van der Waals surface area contributed by atoms with E-state index in [4.69, 9.17) is 23.2 Å². The number of benzene rings is 2. The van der Waals surface area contributed by atoms with Gasteiger partial charge in [0, 0.05) is 41.2 Å². The van der Waals surface area contributed by atoms with Crippen molar-refractivity contribution in [2.75, 3.05) is 6.54 Å². The van der Waals surface area contributed by atoms with Crippen molar-refractivity contribution in [1.29, 1.82) is 0 Å². The SMILES string of the molecule is O=[N+]([O-])c1cccc(C2CNCc3c(Cl)cc(Cl)cc32)c1. The molecule has 4 nitrogen and oxygen atoms in total. The van der Waals surface area contributed by atoms with Gasteiger partial charge >= 0.3 is 0 Å². The first-order chi connectivity index (χ1) is 10.1. The Kier molecular flexibility index (Phi) is 3.85. The average molecular weight is 323 g/mol. The number of hydrogen-bond donors (Lipinski definition) is 1. The number of hydrogen-bond acceptors (Lipinski definition) is 3. The molecule has 2 aromatic carbocycles. The fourth-order valence-corrected chi connectivity index (χ4v) is 3.30. The normalized spacial score (nSPS) is 17.3. The number of nitrogens with one attached hydrogen (secondary N) is 1. The Bertz CT molecular complexity index is 719. The van der Waals surface area contributed by atoms with Crippen molar-refractivity contribution in [2.45, 2.75) is 12.5 Å². The number of halogens is 2. The summed E-state index contributed by atoms with van der Waals surface area (Å²) >= 11 is 12.4. The van der Waals surface area contributed by atoms with Crippen LogP contribution in [0.2, 0.25) is 10.0 Å². The molecule has 0 aromatic heterocycles. The molecule has 1 atom stereocenters. The van der Waals surface area contributed by atoms with Gasteiger partial charge in [0.25, 0.3) is 5.69 Å². The summed E-state index contributed by atoms with van der Waals surface area (Å²) in [6.45, 7) is 1.38. The third kappa shape index (κ3) is 2.75. The minimum Gasteiger partial charge on any atom is -0.312 e. The van der Waals surface area contributed by atoms with Crippen LogP contribution >= 0.6 is 23.2 Å². The van der Waals surface area contributed by atoms with Crippen LogP contribution in [0.5, 0.6) is 0 Å². The van der Waals surface area contributed by atoms with E-state index in [1.165, 1.54) is 6.07 Å². The second-order valence-electron chi connectivity index (χ2n) is 4.99. The summed E-state index contributed by atoms with van der Waals surface area (Å²) in [6, 6.07) is 10.3. The Hall–Kier alpha value is -1.62. The van der Waals surface area contributed by atoms with Crippen LogP contribution in [0.1, 0.15) is 22.6 Å². The molecule has 1 aliphatic heterocycles. The maximum absolute atomic E-state index is 10.9. The first-order valence-electron chi connectivity index (χ1n) is 6.49. The van der Waals surface area contributed by atoms with Crippen molar-refractivity contribution in [3.63, 3.8) is 0 Å². The Labute approximate surface area is 131 Å². The lowest BCUT2D eigenvalue weighted by Crippen LogP contribution is -2.29. The fraction of sp³-hybridized carbons (Fsp3) is 0.200. The zero-order chi connectivity index (χ0) is 15.0. The lowest BCUT2D eigenvalue weighted by Gasteiger charge is -2.27. The number of nitrogens with zero attached hydrogens (tertiary/aromatic N) is 1. The Morgan fingerprint density at radius 3 is 2.81 bits per heavy atom. The van der Waals surface area contributed by atoms with E-state index in [-0.39, 0.29) is 16.5 Å². The highest BCUT2D eigenvalue weighted by Crippen LogP contribution is 2.36. The third-order valence-electron chi connectivity index (χ3n) is 3.70. The fourth-order valence-electron chi connectivity index (χ4n) is 2.72. The molecule has 6 heteroatoms. The number of rotatable bonds is 2. The molecule has 3 rings (SSSR count). The molecule has 108 valence electrons. The molecule has 0 saturated carbocycles.